The highest BCUT2D eigenvalue weighted by atomic mass is 16.5. The summed E-state index contributed by atoms with van der Waals surface area (Å²) < 4.78 is 5.19. The summed E-state index contributed by atoms with van der Waals surface area (Å²) in [6.07, 6.45) is 3.69. The maximum absolute atomic E-state index is 10.8. The quantitative estimate of drug-likeness (QED) is 0.809. The summed E-state index contributed by atoms with van der Waals surface area (Å²) in [5, 5.41) is 8.88. The Morgan fingerprint density at radius 3 is 3.00 bits per heavy atom. The number of carboxylic acids is 1. The van der Waals surface area contributed by atoms with Gasteiger partial charge in [-0.15, -0.1) is 0 Å². The second kappa shape index (κ2) is 4.38. The Kier molecular flexibility index (Phi) is 2.94. The van der Waals surface area contributed by atoms with Crippen molar-refractivity contribution in [3.8, 4) is 5.75 Å². The Morgan fingerprint density at radius 1 is 1.69 bits per heavy atom. The summed E-state index contributed by atoms with van der Waals surface area (Å²) >= 11 is 0. The molecule has 0 unspecified atom stereocenters. The van der Waals surface area contributed by atoms with E-state index in [-0.39, 0.29) is 6.54 Å². The monoisotopic (exact) mass is 222 g/mol. The zero-order chi connectivity index (χ0) is 11.5. The standard InChI is InChI=1S/C11H14N2O3/c1-16-9-3-2-6-12-11(9)13(7-10(14)15)8-4-5-8/h2-3,6,8H,4-5,7H2,1H3,(H,14,15). The Labute approximate surface area is 93.7 Å². The summed E-state index contributed by atoms with van der Waals surface area (Å²) in [7, 11) is 1.56. The minimum absolute atomic E-state index is 0.0297. The molecule has 0 aliphatic heterocycles. The van der Waals surface area contributed by atoms with Crippen LogP contribution in [0.3, 0.4) is 0 Å². The molecule has 0 saturated heterocycles. The van der Waals surface area contributed by atoms with Crippen LogP contribution < -0.4 is 9.64 Å². The molecule has 0 bridgehead atoms. The number of ether oxygens (including phenoxy) is 1. The smallest absolute Gasteiger partial charge is 0.323 e. The molecule has 0 amide bonds. The van der Waals surface area contributed by atoms with Crippen molar-refractivity contribution >= 4 is 11.8 Å². The number of carbonyl (C=O) groups is 1. The lowest BCUT2D eigenvalue weighted by Crippen LogP contribution is -2.32. The van der Waals surface area contributed by atoms with Gasteiger partial charge >= 0.3 is 5.97 Å². The van der Waals surface area contributed by atoms with Gasteiger partial charge in [0.1, 0.15) is 6.54 Å². The van der Waals surface area contributed by atoms with Gasteiger partial charge < -0.3 is 14.7 Å². The van der Waals surface area contributed by atoms with Crippen molar-refractivity contribution in [1.29, 1.82) is 0 Å². The molecule has 2 rings (SSSR count). The summed E-state index contributed by atoms with van der Waals surface area (Å²) in [6, 6.07) is 3.85. The zero-order valence-electron chi connectivity index (χ0n) is 9.09. The molecule has 1 aliphatic carbocycles. The molecule has 1 heterocycles. The topological polar surface area (TPSA) is 62.7 Å². The van der Waals surface area contributed by atoms with Crippen LogP contribution >= 0.6 is 0 Å². The molecule has 1 saturated carbocycles. The van der Waals surface area contributed by atoms with E-state index in [1.807, 2.05) is 0 Å². The highest BCUT2D eigenvalue weighted by molar-refractivity contribution is 5.74. The second-order valence-corrected chi connectivity index (χ2v) is 3.78. The van der Waals surface area contributed by atoms with Crippen LogP contribution in [0, 0.1) is 0 Å². The number of hydrogen-bond donors (Lipinski definition) is 1. The van der Waals surface area contributed by atoms with Gasteiger partial charge in [0.25, 0.3) is 0 Å². The van der Waals surface area contributed by atoms with Gasteiger partial charge in [-0.05, 0) is 25.0 Å². The van der Waals surface area contributed by atoms with E-state index in [2.05, 4.69) is 4.98 Å². The van der Waals surface area contributed by atoms with Gasteiger partial charge in [0.05, 0.1) is 7.11 Å². The molecule has 0 aromatic carbocycles. The number of aromatic nitrogens is 1. The molecule has 1 aliphatic rings. The van der Waals surface area contributed by atoms with Crippen LogP contribution in [0.5, 0.6) is 5.75 Å². The van der Waals surface area contributed by atoms with Gasteiger partial charge in [0, 0.05) is 12.2 Å². The van der Waals surface area contributed by atoms with Gasteiger partial charge in [0.15, 0.2) is 11.6 Å². The highest BCUT2D eigenvalue weighted by Gasteiger charge is 2.32. The molecular formula is C11H14N2O3. The largest absolute Gasteiger partial charge is 0.493 e. The first-order valence-electron chi connectivity index (χ1n) is 5.20. The molecule has 16 heavy (non-hydrogen) atoms. The Morgan fingerprint density at radius 2 is 2.44 bits per heavy atom. The van der Waals surface area contributed by atoms with E-state index in [4.69, 9.17) is 9.84 Å². The fraction of sp³-hybridized carbons (Fsp3) is 0.455. The molecule has 0 radical (unpaired) electrons. The van der Waals surface area contributed by atoms with E-state index in [0.717, 1.165) is 12.8 Å². The third-order valence-corrected chi connectivity index (χ3v) is 2.54. The highest BCUT2D eigenvalue weighted by Crippen LogP contribution is 2.34. The Balaban J connectivity index is 2.26. The summed E-state index contributed by atoms with van der Waals surface area (Å²) in [6.45, 7) is -0.0297. The van der Waals surface area contributed by atoms with Gasteiger partial charge in [0.2, 0.25) is 0 Å². The molecule has 0 atom stereocenters. The molecule has 5 heteroatoms. The lowest BCUT2D eigenvalue weighted by atomic mass is 10.3. The van der Waals surface area contributed by atoms with E-state index < -0.39 is 5.97 Å². The van der Waals surface area contributed by atoms with E-state index in [0.29, 0.717) is 17.6 Å². The molecular weight excluding hydrogens is 208 g/mol. The fourth-order valence-electron chi connectivity index (χ4n) is 1.67. The molecule has 0 spiro atoms. The SMILES string of the molecule is COc1cccnc1N(CC(=O)O)C1CC1. The maximum Gasteiger partial charge on any atom is 0.323 e. The second-order valence-electron chi connectivity index (χ2n) is 3.78. The van der Waals surface area contributed by atoms with Crippen LogP contribution in [0.15, 0.2) is 18.3 Å². The average molecular weight is 222 g/mol. The molecule has 1 aromatic heterocycles. The van der Waals surface area contributed by atoms with Crippen LogP contribution in [0.25, 0.3) is 0 Å². The van der Waals surface area contributed by atoms with Crippen molar-refractivity contribution in [3.05, 3.63) is 18.3 Å². The van der Waals surface area contributed by atoms with Crippen molar-refractivity contribution in [3.63, 3.8) is 0 Å². The van der Waals surface area contributed by atoms with Crippen molar-refractivity contribution in [2.24, 2.45) is 0 Å². The normalized spacial score (nSPS) is 14.6. The lowest BCUT2D eigenvalue weighted by molar-refractivity contribution is -0.135. The van der Waals surface area contributed by atoms with E-state index in [1.165, 1.54) is 0 Å². The van der Waals surface area contributed by atoms with Gasteiger partial charge in [-0.25, -0.2) is 4.98 Å². The van der Waals surface area contributed by atoms with E-state index in [1.54, 1.807) is 30.3 Å². The average Bonchev–Trinajstić information content (AvgIpc) is 3.09. The molecule has 5 nitrogen and oxygen atoms in total. The number of carboxylic acid groups (broad SMARTS) is 1. The van der Waals surface area contributed by atoms with Crippen LogP contribution in [0.4, 0.5) is 5.82 Å². The minimum Gasteiger partial charge on any atom is -0.493 e. The molecule has 1 fully saturated rings. The van der Waals surface area contributed by atoms with Gasteiger partial charge in [-0.1, -0.05) is 0 Å². The first-order chi connectivity index (χ1) is 7.72. The number of methoxy groups -OCH3 is 1. The number of rotatable bonds is 5. The van der Waals surface area contributed by atoms with Crippen LogP contribution in [0.1, 0.15) is 12.8 Å². The van der Waals surface area contributed by atoms with E-state index >= 15 is 0 Å². The lowest BCUT2D eigenvalue weighted by Gasteiger charge is -2.22. The first kappa shape index (κ1) is 10.7. The van der Waals surface area contributed by atoms with Crippen LogP contribution in [-0.2, 0) is 4.79 Å². The van der Waals surface area contributed by atoms with Gasteiger partial charge in [-0.2, -0.15) is 0 Å². The molecule has 1 N–H and O–H groups in total. The number of nitrogens with zero attached hydrogens (tertiary/aromatic N) is 2. The number of hydrogen-bond acceptors (Lipinski definition) is 4. The van der Waals surface area contributed by atoms with Crippen molar-refractivity contribution in [1.82, 2.24) is 4.98 Å². The summed E-state index contributed by atoms with van der Waals surface area (Å²) in [5.41, 5.74) is 0. The molecule has 86 valence electrons. The predicted octanol–water partition coefficient (Wildman–Crippen LogP) is 1.14. The Hall–Kier alpha value is -1.78. The van der Waals surface area contributed by atoms with Crippen molar-refractivity contribution < 1.29 is 14.6 Å². The summed E-state index contributed by atoms with van der Waals surface area (Å²) in [5.74, 6) is 0.394. The van der Waals surface area contributed by atoms with Crippen molar-refractivity contribution in [2.75, 3.05) is 18.6 Å². The predicted molar refractivity (Wildman–Crippen MR) is 58.8 cm³/mol. The first-order valence-corrected chi connectivity index (χ1v) is 5.20. The number of pyridine rings is 1. The maximum atomic E-state index is 10.8. The molecule has 1 aromatic rings. The van der Waals surface area contributed by atoms with E-state index in [9.17, 15) is 4.79 Å². The number of anilines is 1. The van der Waals surface area contributed by atoms with Crippen LogP contribution in [-0.4, -0.2) is 35.8 Å². The van der Waals surface area contributed by atoms with Crippen molar-refractivity contribution in [2.45, 2.75) is 18.9 Å². The Bertz CT molecular complexity index is 391. The summed E-state index contributed by atoms with van der Waals surface area (Å²) in [4.78, 5) is 16.8. The third kappa shape index (κ3) is 2.24. The number of aliphatic carboxylic acids is 1. The van der Waals surface area contributed by atoms with Gasteiger partial charge in [-0.3, -0.25) is 4.79 Å². The minimum atomic E-state index is -0.848. The van der Waals surface area contributed by atoms with Crippen LogP contribution in [0.2, 0.25) is 0 Å². The third-order valence-electron chi connectivity index (χ3n) is 2.54. The zero-order valence-corrected chi connectivity index (χ0v) is 9.09. The fourth-order valence-corrected chi connectivity index (χ4v) is 1.67.